The average molecular weight is 144 g/mol. The minimum absolute atomic E-state index is 0.00229. The van der Waals surface area contributed by atoms with Crippen molar-refractivity contribution >= 4 is 0 Å². The topological polar surface area (TPSA) is 40.5 Å². The van der Waals surface area contributed by atoms with E-state index in [9.17, 15) is 5.11 Å². The van der Waals surface area contributed by atoms with E-state index in [1.54, 1.807) is 12.2 Å². The van der Waals surface area contributed by atoms with Crippen molar-refractivity contribution in [1.82, 2.24) is 0 Å². The Morgan fingerprint density at radius 1 is 1.30 bits per heavy atom. The molecule has 10 heavy (non-hydrogen) atoms. The van der Waals surface area contributed by atoms with E-state index >= 15 is 0 Å². The van der Waals surface area contributed by atoms with Gasteiger partial charge in [-0.05, 0) is 12.8 Å². The maximum atomic E-state index is 9.56. The lowest BCUT2D eigenvalue weighted by atomic mass is 9.97. The van der Waals surface area contributed by atoms with Crippen LogP contribution in [0.5, 0.6) is 0 Å². The van der Waals surface area contributed by atoms with Gasteiger partial charge in [0.05, 0.1) is 12.2 Å². The Morgan fingerprint density at radius 3 is 2.10 bits per heavy atom. The van der Waals surface area contributed by atoms with E-state index in [0.717, 1.165) is 0 Å². The maximum Gasteiger partial charge on any atom is 0.0823 e. The van der Waals surface area contributed by atoms with Gasteiger partial charge in [-0.1, -0.05) is 26.0 Å². The van der Waals surface area contributed by atoms with Crippen molar-refractivity contribution in [1.29, 1.82) is 0 Å². The summed E-state index contributed by atoms with van der Waals surface area (Å²) >= 11 is 0. The van der Waals surface area contributed by atoms with Gasteiger partial charge in [0.2, 0.25) is 0 Å². The second kappa shape index (κ2) is 4.47. The molecule has 0 aliphatic rings. The largest absolute Gasteiger partial charge is 0.392 e. The maximum absolute atomic E-state index is 9.56. The zero-order chi connectivity index (χ0) is 8.04. The first-order valence-electron chi connectivity index (χ1n) is 3.69. The molecule has 0 saturated carbocycles. The molecule has 2 heteroatoms. The van der Waals surface area contributed by atoms with Crippen LogP contribution in [-0.4, -0.2) is 22.4 Å². The first-order chi connectivity index (χ1) is 4.68. The molecule has 0 rings (SSSR count). The lowest BCUT2D eigenvalue weighted by molar-refractivity contribution is 0.0821. The molecule has 0 unspecified atom stereocenters. The molecule has 0 bridgehead atoms. The molecular formula is C8H16O2. The monoisotopic (exact) mass is 144 g/mol. The molecule has 0 radical (unpaired) electrons. The van der Waals surface area contributed by atoms with Crippen LogP contribution in [0.25, 0.3) is 0 Å². The lowest BCUT2D eigenvalue weighted by Crippen LogP contribution is -2.22. The standard InChI is InChI=1S/C8H16O2/c1-3-8(10,4-2)6-5-7-9/h5-6,9-10H,3-4,7H2,1-2H3. The molecule has 0 aromatic carbocycles. The van der Waals surface area contributed by atoms with Crippen molar-refractivity contribution in [2.24, 2.45) is 0 Å². The molecule has 2 nitrogen and oxygen atoms in total. The first-order valence-corrected chi connectivity index (χ1v) is 3.69. The van der Waals surface area contributed by atoms with Crippen molar-refractivity contribution in [3.8, 4) is 0 Å². The predicted molar refractivity (Wildman–Crippen MR) is 41.8 cm³/mol. The number of hydrogen-bond donors (Lipinski definition) is 2. The molecule has 0 aromatic rings. The summed E-state index contributed by atoms with van der Waals surface area (Å²) in [4.78, 5) is 0. The van der Waals surface area contributed by atoms with E-state index in [0.29, 0.717) is 12.8 Å². The Morgan fingerprint density at radius 2 is 1.80 bits per heavy atom. The fourth-order valence-corrected chi connectivity index (χ4v) is 0.758. The molecule has 0 heterocycles. The first kappa shape index (κ1) is 9.66. The molecule has 0 saturated heterocycles. The lowest BCUT2D eigenvalue weighted by Gasteiger charge is -2.19. The van der Waals surface area contributed by atoms with Crippen LogP contribution in [0.3, 0.4) is 0 Å². The minimum Gasteiger partial charge on any atom is -0.392 e. The molecule has 0 fully saturated rings. The summed E-state index contributed by atoms with van der Waals surface area (Å²) in [5.74, 6) is 0. The third-order valence-corrected chi connectivity index (χ3v) is 1.76. The predicted octanol–water partition coefficient (Wildman–Crippen LogP) is 1.09. The van der Waals surface area contributed by atoms with Gasteiger partial charge < -0.3 is 10.2 Å². The van der Waals surface area contributed by atoms with Gasteiger partial charge in [0.15, 0.2) is 0 Å². The highest BCUT2D eigenvalue weighted by Crippen LogP contribution is 2.15. The highest BCUT2D eigenvalue weighted by atomic mass is 16.3. The summed E-state index contributed by atoms with van der Waals surface area (Å²) in [7, 11) is 0. The molecule has 0 aromatic heterocycles. The van der Waals surface area contributed by atoms with Gasteiger partial charge >= 0.3 is 0 Å². The van der Waals surface area contributed by atoms with Crippen LogP contribution in [0.2, 0.25) is 0 Å². The molecule has 2 N–H and O–H groups in total. The molecule has 0 amide bonds. The van der Waals surface area contributed by atoms with Gasteiger partial charge in [-0.3, -0.25) is 0 Å². The number of hydrogen-bond acceptors (Lipinski definition) is 2. The van der Waals surface area contributed by atoms with Gasteiger partial charge in [0, 0.05) is 0 Å². The van der Waals surface area contributed by atoms with E-state index in [4.69, 9.17) is 5.11 Å². The Balaban J connectivity index is 3.92. The van der Waals surface area contributed by atoms with Crippen molar-refractivity contribution < 1.29 is 10.2 Å². The SMILES string of the molecule is CCC(O)(C=CCO)CC. The smallest absolute Gasteiger partial charge is 0.0823 e. The van der Waals surface area contributed by atoms with Gasteiger partial charge in [-0.25, -0.2) is 0 Å². The summed E-state index contributed by atoms with van der Waals surface area (Å²) in [6, 6.07) is 0. The second-order valence-electron chi connectivity index (χ2n) is 2.40. The summed E-state index contributed by atoms with van der Waals surface area (Å²) < 4.78 is 0. The number of aliphatic hydroxyl groups is 2. The second-order valence-corrected chi connectivity index (χ2v) is 2.40. The normalized spacial score (nSPS) is 12.8. The molecule has 0 spiro atoms. The number of rotatable bonds is 4. The zero-order valence-electron chi connectivity index (χ0n) is 6.67. The zero-order valence-corrected chi connectivity index (χ0v) is 6.67. The number of aliphatic hydroxyl groups excluding tert-OH is 1. The van der Waals surface area contributed by atoms with Crippen LogP contribution in [-0.2, 0) is 0 Å². The van der Waals surface area contributed by atoms with E-state index < -0.39 is 5.60 Å². The van der Waals surface area contributed by atoms with Gasteiger partial charge in [0.1, 0.15) is 0 Å². The van der Waals surface area contributed by atoms with Crippen LogP contribution in [0.1, 0.15) is 26.7 Å². The van der Waals surface area contributed by atoms with Crippen LogP contribution in [0, 0.1) is 0 Å². The Bertz CT molecular complexity index is 104. The van der Waals surface area contributed by atoms with Crippen molar-refractivity contribution in [2.75, 3.05) is 6.61 Å². The highest BCUT2D eigenvalue weighted by Gasteiger charge is 2.16. The van der Waals surface area contributed by atoms with Crippen molar-refractivity contribution in [3.63, 3.8) is 0 Å². The summed E-state index contributed by atoms with van der Waals surface area (Å²) in [5.41, 5.74) is -0.706. The summed E-state index contributed by atoms with van der Waals surface area (Å²) in [6.07, 6.45) is 4.62. The highest BCUT2D eigenvalue weighted by molar-refractivity contribution is 4.99. The third-order valence-electron chi connectivity index (χ3n) is 1.76. The van der Waals surface area contributed by atoms with Crippen molar-refractivity contribution in [2.45, 2.75) is 32.3 Å². The Kier molecular flexibility index (Phi) is 4.32. The van der Waals surface area contributed by atoms with E-state index in [2.05, 4.69) is 0 Å². The fraction of sp³-hybridized carbons (Fsp3) is 0.750. The molecule has 0 atom stereocenters. The van der Waals surface area contributed by atoms with Gasteiger partial charge in [-0.2, -0.15) is 0 Å². The van der Waals surface area contributed by atoms with E-state index in [1.165, 1.54) is 0 Å². The molecule has 0 aliphatic heterocycles. The van der Waals surface area contributed by atoms with Crippen LogP contribution in [0.4, 0.5) is 0 Å². The van der Waals surface area contributed by atoms with E-state index in [1.807, 2.05) is 13.8 Å². The third kappa shape index (κ3) is 2.99. The van der Waals surface area contributed by atoms with Crippen LogP contribution >= 0.6 is 0 Å². The fourth-order valence-electron chi connectivity index (χ4n) is 0.758. The van der Waals surface area contributed by atoms with Crippen LogP contribution < -0.4 is 0 Å². The summed E-state index contributed by atoms with van der Waals surface area (Å²) in [6.45, 7) is 3.85. The van der Waals surface area contributed by atoms with Gasteiger partial charge in [0.25, 0.3) is 0 Å². The molecule has 0 aliphatic carbocycles. The quantitative estimate of drug-likeness (QED) is 0.580. The van der Waals surface area contributed by atoms with Crippen LogP contribution in [0.15, 0.2) is 12.2 Å². The summed E-state index contributed by atoms with van der Waals surface area (Å²) in [5, 5.41) is 18.0. The molecule has 60 valence electrons. The van der Waals surface area contributed by atoms with Crippen molar-refractivity contribution in [3.05, 3.63) is 12.2 Å². The minimum atomic E-state index is -0.706. The van der Waals surface area contributed by atoms with E-state index in [-0.39, 0.29) is 6.61 Å². The molecular weight excluding hydrogens is 128 g/mol. The average Bonchev–Trinajstić information content (AvgIpc) is 2.00. The Hall–Kier alpha value is -0.340. The van der Waals surface area contributed by atoms with Gasteiger partial charge in [-0.15, -0.1) is 0 Å². The Labute approximate surface area is 62.2 Å².